The molecule has 0 aromatic carbocycles. The molecule has 0 radical (unpaired) electrons. The monoisotopic (exact) mass is 194 g/mol. The molecule has 0 bridgehead atoms. The lowest BCUT2D eigenvalue weighted by Gasteiger charge is -2.01. The van der Waals surface area contributed by atoms with Crippen molar-refractivity contribution in [1.29, 1.82) is 0 Å². The normalized spacial score (nSPS) is 10.4. The van der Waals surface area contributed by atoms with Crippen LogP contribution in [-0.2, 0) is 11.3 Å². The molecule has 0 unspecified atom stereocenters. The smallest absolute Gasteiger partial charge is 0.152 e. The van der Waals surface area contributed by atoms with Crippen LogP contribution in [0.3, 0.4) is 0 Å². The molecule has 0 aliphatic rings. The molecule has 3 nitrogen and oxygen atoms in total. The number of ketones is 1. The number of unbranched alkanes of at least 4 members (excludes halogenated alkanes) is 3. The minimum absolute atomic E-state index is 0.305. The number of Topliss-reactive ketones (excluding diaryl/α,β-unsaturated/α-hetero) is 1. The number of rotatable bonds is 7. The quantitative estimate of drug-likeness (QED) is 0.625. The van der Waals surface area contributed by atoms with E-state index < -0.39 is 0 Å². The Balaban J connectivity index is 2.11. The van der Waals surface area contributed by atoms with Gasteiger partial charge in [-0.3, -0.25) is 4.79 Å². The van der Waals surface area contributed by atoms with Crippen molar-refractivity contribution in [3.8, 4) is 0 Å². The number of hydrogen-bond donors (Lipinski definition) is 0. The maximum atomic E-state index is 11.4. The van der Waals surface area contributed by atoms with Crippen LogP contribution in [0.15, 0.2) is 18.7 Å². The van der Waals surface area contributed by atoms with Gasteiger partial charge in [0.25, 0.3) is 0 Å². The predicted octanol–water partition coefficient (Wildman–Crippen LogP) is 2.42. The minimum atomic E-state index is 0.305. The van der Waals surface area contributed by atoms with Crippen molar-refractivity contribution in [2.75, 3.05) is 0 Å². The van der Waals surface area contributed by atoms with Crippen LogP contribution < -0.4 is 0 Å². The van der Waals surface area contributed by atoms with E-state index >= 15 is 0 Å². The Kier molecular flexibility index (Phi) is 4.97. The molecule has 0 aliphatic heterocycles. The first-order valence-electron chi connectivity index (χ1n) is 5.30. The van der Waals surface area contributed by atoms with Crippen molar-refractivity contribution >= 4 is 5.78 Å². The first kappa shape index (κ1) is 11.0. The van der Waals surface area contributed by atoms with Crippen LogP contribution in [0.5, 0.6) is 0 Å². The molecular formula is C11H18N2O. The lowest BCUT2D eigenvalue weighted by Crippen LogP contribution is -2.07. The molecule has 3 heteroatoms. The summed E-state index contributed by atoms with van der Waals surface area (Å²) in [4.78, 5) is 15.3. The van der Waals surface area contributed by atoms with Gasteiger partial charge < -0.3 is 4.57 Å². The molecule has 0 spiro atoms. The second-order valence-corrected chi connectivity index (χ2v) is 3.58. The molecule has 14 heavy (non-hydrogen) atoms. The van der Waals surface area contributed by atoms with Crippen molar-refractivity contribution < 1.29 is 4.79 Å². The molecule has 0 fully saturated rings. The Morgan fingerprint density at radius 2 is 2.21 bits per heavy atom. The fourth-order valence-corrected chi connectivity index (χ4v) is 1.41. The molecule has 1 rings (SSSR count). The summed E-state index contributed by atoms with van der Waals surface area (Å²) >= 11 is 0. The van der Waals surface area contributed by atoms with Crippen LogP contribution in [0.1, 0.15) is 39.0 Å². The van der Waals surface area contributed by atoms with Gasteiger partial charge in [-0.1, -0.05) is 26.2 Å². The molecule has 78 valence electrons. The van der Waals surface area contributed by atoms with E-state index in [1.165, 1.54) is 19.3 Å². The number of carbonyl (C=O) groups is 1. The highest BCUT2D eigenvalue weighted by Gasteiger charge is 2.01. The number of nitrogens with zero attached hydrogens (tertiary/aromatic N) is 2. The molecule has 1 heterocycles. The standard InChI is InChI=1S/C11H18N2O/c1-2-3-4-5-6-11(14)9-13-8-7-12-10-13/h7-8,10H,2-6,9H2,1H3. The van der Waals surface area contributed by atoms with Gasteiger partial charge in [0.1, 0.15) is 0 Å². The van der Waals surface area contributed by atoms with Crippen LogP contribution in [-0.4, -0.2) is 15.3 Å². The zero-order valence-corrected chi connectivity index (χ0v) is 8.78. The maximum absolute atomic E-state index is 11.4. The lowest BCUT2D eigenvalue weighted by atomic mass is 10.1. The summed E-state index contributed by atoms with van der Waals surface area (Å²) in [6, 6.07) is 0. The van der Waals surface area contributed by atoms with E-state index in [9.17, 15) is 4.79 Å². The second-order valence-electron chi connectivity index (χ2n) is 3.58. The molecule has 0 N–H and O–H groups in total. The SMILES string of the molecule is CCCCCCC(=O)Cn1ccnc1. The van der Waals surface area contributed by atoms with E-state index in [-0.39, 0.29) is 0 Å². The molecule has 0 saturated heterocycles. The Morgan fingerprint density at radius 3 is 2.86 bits per heavy atom. The van der Waals surface area contributed by atoms with Crippen molar-refractivity contribution in [2.24, 2.45) is 0 Å². The third-order valence-corrected chi connectivity index (χ3v) is 2.23. The highest BCUT2D eigenvalue weighted by Crippen LogP contribution is 2.03. The van der Waals surface area contributed by atoms with Crippen molar-refractivity contribution in [3.63, 3.8) is 0 Å². The highest BCUT2D eigenvalue weighted by atomic mass is 16.1. The average Bonchev–Trinajstić information content (AvgIpc) is 2.65. The Labute approximate surface area is 85.2 Å². The van der Waals surface area contributed by atoms with Crippen molar-refractivity contribution in [1.82, 2.24) is 9.55 Å². The summed E-state index contributed by atoms with van der Waals surface area (Å²) in [6.45, 7) is 2.65. The lowest BCUT2D eigenvalue weighted by molar-refractivity contribution is -0.119. The summed E-state index contributed by atoms with van der Waals surface area (Å²) in [5.74, 6) is 0.305. The fourth-order valence-electron chi connectivity index (χ4n) is 1.41. The predicted molar refractivity (Wildman–Crippen MR) is 56.0 cm³/mol. The van der Waals surface area contributed by atoms with Gasteiger partial charge in [-0.25, -0.2) is 4.98 Å². The van der Waals surface area contributed by atoms with E-state index in [4.69, 9.17) is 0 Å². The van der Waals surface area contributed by atoms with E-state index in [0.29, 0.717) is 18.7 Å². The molecule has 1 aromatic rings. The number of carbonyl (C=O) groups excluding carboxylic acids is 1. The van der Waals surface area contributed by atoms with Crippen LogP contribution in [0.4, 0.5) is 0 Å². The van der Waals surface area contributed by atoms with Crippen molar-refractivity contribution in [3.05, 3.63) is 18.7 Å². The summed E-state index contributed by atoms with van der Waals surface area (Å²) < 4.78 is 1.82. The average molecular weight is 194 g/mol. The maximum Gasteiger partial charge on any atom is 0.152 e. The van der Waals surface area contributed by atoms with Gasteiger partial charge in [-0.05, 0) is 6.42 Å². The van der Waals surface area contributed by atoms with Gasteiger partial charge in [0.2, 0.25) is 0 Å². The molecule has 0 atom stereocenters. The Morgan fingerprint density at radius 1 is 1.36 bits per heavy atom. The third-order valence-electron chi connectivity index (χ3n) is 2.23. The molecule has 0 saturated carbocycles. The molecule has 0 aliphatic carbocycles. The zero-order chi connectivity index (χ0) is 10.2. The largest absolute Gasteiger partial charge is 0.330 e. The van der Waals surface area contributed by atoms with Gasteiger partial charge in [0.05, 0.1) is 12.9 Å². The van der Waals surface area contributed by atoms with Crippen LogP contribution in [0, 0.1) is 0 Å². The van der Waals surface area contributed by atoms with Gasteiger partial charge >= 0.3 is 0 Å². The van der Waals surface area contributed by atoms with E-state index in [0.717, 1.165) is 6.42 Å². The first-order valence-corrected chi connectivity index (χ1v) is 5.30. The van der Waals surface area contributed by atoms with Crippen LogP contribution in [0.2, 0.25) is 0 Å². The number of hydrogen-bond acceptors (Lipinski definition) is 2. The van der Waals surface area contributed by atoms with Crippen molar-refractivity contribution in [2.45, 2.75) is 45.6 Å². The Hall–Kier alpha value is -1.12. The summed E-state index contributed by atoms with van der Waals surface area (Å²) in [5, 5.41) is 0. The molecule has 0 amide bonds. The van der Waals surface area contributed by atoms with E-state index in [2.05, 4.69) is 11.9 Å². The van der Waals surface area contributed by atoms with Gasteiger partial charge in [-0.15, -0.1) is 0 Å². The van der Waals surface area contributed by atoms with E-state index in [1.54, 1.807) is 12.5 Å². The molecule has 1 aromatic heterocycles. The summed E-state index contributed by atoms with van der Waals surface area (Å²) in [7, 11) is 0. The van der Waals surface area contributed by atoms with Gasteiger partial charge in [0, 0.05) is 18.8 Å². The van der Waals surface area contributed by atoms with E-state index in [1.807, 2.05) is 10.8 Å². The summed E-state index contributed by atoms with van der Waals surface area (Å²) in [6.07, 6.45) is 10.6. The number of aromatic nitrogens is 2. The Bertz CT molecular complexity index is 254. The fraction of sp³-hybridized carbons (Fsp3) is 0.636. The van der Waals surface area contributed by atoms with Gasteiger partial charge in [-0.2, -0.15) is 0 Å². The topological polar surface area (TPSA) is 34.9 Å². The van der Waals surface area contributed by atoms with Crippen LogP contribution in [0.25, 0.3) is 0 Å². The minimum Gasteiger partial charge on any atom is -0.330 e. The van der Waals surface area contributed by atoms with Crippen LogP contribution >= 0.6 is 0 Å². The molecular weight excluding hydrogens is 176 g/mol. The number of imidazole rings is 1. The van der Waals surface area contributed by atoms with Gasteiger partial charge in [0.15, 0.2) is 5.78 Å². The third kappa shape index (κ3) is 4.21. The highest BCUT2D eigenvalue weighted by molar-refractivity contribution is 5.78. The summed E-state index contributed by atoms with van der Waals surface area (Å²) in [5.41, 5.74) is 0. The first-order chi connectivity index (χ1) is 6.83. The second kappa shape index (κ2) is 6.35. The zero-order valence-electron chi connectivity index (χ0n) is 8.78.